The van der Waals surface area contributed by atoms with Gasteiger partial charge < -0.3 is 24.6 Å². The van der Waals surface area contributed by atoms with Gasteiger partial charge in [-0.05, 0) is 52.8 Å². The highest BCUT2D eigenvalue weighted by Gasteiger charge is 2.42. The summed E-state index contributed by atoms with van der Waals surface area (Å²) in [5, 5.41) is 10.4. The van der Waals surface area contributed by atoms with Gasteiger partial charge in [-0.25, -0.2) is 4.98 Å². The Morgan fingerprint density at radius 3 is 2.67 bits per heavy atom. The topological polar surface area (TPSA) is 121 Å². The number of ether oxygens (including phenoxy) is 2. The molecule has 0 spiro atoms. The van der Waals surface area contributed by atoms with Gasteiger partial charge in [0.25, 0.3) is 5.91 Å². The minimum absolute atomic E-state index is 0.101. The first kappa shape index (κ1) is 30.3. The van der Waals surface area contributed by atoms with E-state index < -0.39 is 23.5 Å². The number of piperidine rings is 1. The van der Waals surface area contributed by atoms with Crippen molar-refractivity contribution in [2.24, 2.45) is 5.41 Å². The van der Waals surface area contributed by atoms with Crippen LogP contribution in [-0.4, -0.2) is 95.1 Å². The summed E-state index contributed by atoms with van der Waals surface area (Å²) in [4.78, 5) is 29.8. The number of amides is 1. The number of carbonyl (C=O) groups excluding carboxylic acids is 1. The number of pyridine rings is 1. The van der Waals surface area contributed by atoms with Gasteiger partial charge in [0.15, 0.2) is 5.65 Å². The minimum atomic E-state index is -4.60. The van der Waals surface area contributed by atoms with Crippen LogP contribution in [-0.2, 0) is 0 Å². The van der Waals surface area contributed by atoms with Crippen molar-refractivity contribution in [1.82, 2.24) is 35.4 Å². The predicted molar refractivity (Wildman–Crippen MR) is 153 cm³/mol. The number of likely N-dealkylation sites (N-methyl/N-ethyl adjacent to an activating group) is 1. The van der Waals surface area contributed by atoms with Crippen LogP contribution in [0.25, 0.3) is 11.0 Å². The Labute approximate surface area is 247 Å². The zero-order valence-electron chi connectivity index (χ0n) is 24.4. The number of nitrogens with zero attached hydrogens (tertiary/aromatic N) is 6. The lowest BCUT2D eigenvalue weighted by Crippen LogP contribution is -2.43. The maximum Gasteiger partial charge on any atom is 0.408 e. The number of hydrogen-bond acceptors (Lipinski definition) is 9. The lowest BCUT2D eigenvalue weighted by molar-refractivity contribution is -0.149. The Morgan fingerprint density at radius 2 is 2.02 bits per heavy atom. The van der Waals surface area contributed by atoms with Crippen molar-refractivity contribution in [3.8, 4) is 24.1 Å². The molecular weight excluding hydrogens is 565 g/mol. The van der Waals surface area contributed by atoms with Crippen molar-refractivity contribution in [2.45, 2.75) is 50.7 Å². The molecule has 3 aromatic rings. The number of terminal acetylenes is 1. The third-order valence-electron chi connectivity index (χ3n) is 7.85. The van der Waals surface area contributed by atoms with Gasteiger partial charge in [-0.2, -0.15) is 28.2 Å². The number of halogens is 3. The molecule has 4 heterocycles. The molecule has 0 unspecified atom stereocenters. The summed E-state index contributed by atoms with van der Waals surface area (Å²) >= 11 is 0. The number of rotatable bonds is 11. The fourth-order valence-corrected chi connectivity index (χ4v) is 4.87. The normalized spacial score (nSPS) is 17.5. The van der Waals surface area contributed by atoms with Crippen molar-refractivity contribution >= 4 is 22.8 Å². The number of nitrogens with one attached hydrogen (secondary N) is 2. The molecule has 230 valence electrons. The van der Waals surface area contributed by atoms with Gasteiger partial charge in [-0.15, -0.1) is 6.42 Å². The van der Waals surface area contributed by atoms with Crippen molar-refractivity contribution in [3.63, 3.8) is 0 Å². The highest BCUT2D eigenvalue weighted by Crippen LogP contribution is 2.45. The number of fused-ring (bicyclic) bond motifs is 1. The van der Waals surface area contributed by atoms with Crippen molar-refractivity contribution in [1.29, 1.82) is 0 Å². The van der Waals surface area contributed by atoms with E-state index in [4.69, 9.17) is 15.9 Å². The van der Waals surface area contributed by atoms with E-state index in [2.05, 4.69) is 31.1 Å². The Balaban J connectivity index is 1.33. The molecular formula is C29H35F3N8O3. The number of alkyl halides is 3. The first-order valence-electron chi connectivity index (χ1n) is 14.2. The summed E-state index contributed by atoms with van der Waals surface area (Å²) < 4.78 is 51.2. The Bertz CT molecular complexity index is 1490. The van der Waals surface area contributed by atoms with Crippen LogP contribution in [0.2, 0.25) is 0 Å². The van der Waals surface area contributed by atoms with E-state index in [-0.39, 0.29) is 24.2 Å². The third-order valence-corrected chi connectivity index (χ3v) is 7.85. The molecule has 1 saturated carbocycles. The fraction of sp³-hybridized carbons (Fsp3) is 0.552. The molecule has 1 amide bonds. The predicted octanol–water partition coefficient (Wildman–Crippen LogP) is 3.55. The number of carbonyl (C=O) groups is 1. The summed E-state index contributed by atoms with van der Waals surface area (Å²) in [5.74, 6) is 2.96. The quantitative estimate of drug-likeness (QED) is 0.318. The average molecular weight is 601 g/mol. The van der Waals surface area contributed by atoms with Crippen molar-refractivity contribution < 1.29 is 27.4 Å². The van der Waals surface area contributed by atoms with E-state index >= 15 is 0 Å². The number of H-pyrrole nitrogens is 1. The van der Waals surface area contributed by atoms with E-state index in [9.17, 15) is 18.0 Å². The number of anilines is 1. The van der Waals surface area contributed by atoms with Gasteiger partial charge in [0.2, 0.25) is 0 Å². The molecule has 0 aromatic carbocycles. The second kappa shape index (κ2) is 12.2. The molecule has 11 nitrogen and oxygen atoms in total. The highest BCUT2D eigenvalue weighted by atomic mass is 19.4. The van der Waals surface area contributed by atoms with Crippen molar-refractivity contribution in [2.75, 3.05) is 51.8 Å². The van der Waals surface area contributed by atoms with Gasteiger partial charge in [0.05, 0.1) is 16.5 Å². The largest absolute Gasteiger partial charge is 0.491 e. The summed E-state index contributed by atoms with van der Waals surface area (Å²) in [7, 11) is 3.96. The number of aromatic nitrogens is 5. The zero-order chi connectivity index (χ0) is 30.8. The molecule has 2 aliphatic rings. The van der Waals surface area contributed by atoms with Crippen LogP contribution in [0.15, 0.2) is 18.3 Å². The molecule has 43 heavy (non-hydrogen) atoms. The van der Waals surface area contributed by atoms with Crippen LogP contribution < -0.4 is 19.7 Å². The van der Waals surface area contributed by atoms with Crippen LogP contribution in [0.1, 0.15) is 54.7 Å². The minimum Gasteiger partial charge on any atom is -0.491 e. The molecule has 1 atom stereocenters. The van der Waals surface area contributed by atoms with Gasteiger partial charge in [0, 0.05) is 37.8 Å². The molecule has 1 aliphatic heterocycles. The van der Waals surface area contributed by atoms with Gasteiger partial charge >= 0.3 is 12.2 Å². The summed E-state index contributed by atoms with van der Waals surface area (Å²) in [6.45, 7) is 3.43. The monoisotopic (exact) mass is 600 g/mol. The van der Waals surface area contributed by atoms with Gasteiger partial charge in [-0.1, -0.05) is 5.92 Å². The first-order chi connectivity index (χ1) is 20.5. The van der Waals surface area contributed by atoms with Gasteiger partial charge in [-0.3, -0.25) is 9.89 Å². The molecule has 1 aliphatic carbocycles. The van der Waals surface area contributed by atoms with Crippen LogP contribution in [0.3, 0.4) is 0 Å². The maximum absolute atomic E-state index is 13.1. The van der Waals surface area contributed by atoms with E-state index in [1.54, 1.807) is 6.20 Å². The molecule has 14 heteroatoms. The van der Waals surface area contributed by atoms with Crippen LogP contribution in [0.4, 0.5) is 19.0 Å². The Morgan fingerprint density at radius 1 is 1.28 bits per heavy atom. The molecule has 1 saturated heterocycles. The molecule has 5 rings (SSSR count). The Hall–Kier alpha value is -4.12. The van der Waals surface area contributed by atoms with Crippen molar-refractivity contribution in [3.05, 3.63) is 29.7 Å². The smallest absolute Gasteiger partial charge is 0.408 e. The van der Waals surface area contributed by atoms with Gasteiger partial charge in [0.1, 0.15) is 36.5 Å². The van der Waals surface area contributed by atoms with E-state index in [0.717, 1.165) is 43.1 Å². The standard InChI is InChI=1S/C29H35F3N8O3/c1-5-28(9-10-28)17-43-27-35-20(26(41)34-18(2)29(30,31)32)16-22(36-27)40-12-7-19(8-13-40)24-23-21(42-15-14-39(3)4)6-11-33-25(23)38-37-24/h1,6,11,16,18-19H,7-10,12-15,17H2,2-4H3,(H,34,41)(H,33,37,38)/t18-/m0/s1. The number of aromatic amines is 1. The summed E-state index contributed by atoms with van der Waals surface area (Å²) in [5.41, 5.74) is 0.912. The second-order valence-electron chi connectivity index (χ2n) is 11.4. The van der Waals surface area contributed by atoms with E-state index in [1.807, 2.05) is 35.3 Å². The molecule has 3 aromatic heterocycles. The lowest BCUT2D eigenvalue weighted by atomic mass is 9.92. The molecule has 0 radical (unpaired) electrons. The van der Waals surface area contributed by atoms with Crippen LogP contribution in [0.5, 0.6) is 11.8 Å². The van der Waals surface area contributed by atoms with Crippen LogP contribution in [0, 0.1) is 17.8 Å². The lowest BCUT2D eigenvalue weighted by Gasteiger charge is -2.32. The van der Waals surface area contributed by atoms with Crippen LogP contribution >= 0.6 is 0 Å². The molecule has 0 bridgehead atoms. The third kappa shape index (κ3) is 7.10. The second-order valence-corrected chi connectivity index (χ2v) is 11.4. The summed E-state index contributed by atoms with van der Waals surface area (Å²) in [6, 6.07) is 1.08. The van der Waals surface area contributed by atoms with E-state index in [0.29, 0.717) is 44.0 Å². The average Bonchev–Trinajstić information content (AvgIpc) is 3.64. The molecule has 2 fully saturated rings. The SMILES string of the molecule is C#CC1(COc2nc(C(=O)N[C@@H](C)C(F)(F)F)cc(N3CCC(c4n[nH]c5nccc(OCCN(C)C)c45)CC3)n2)CC1. The van der Waals surface area contributed by atoms with E-state index in [1.165, 1.54) is 6.07 Å². The zero-order valence-corrected chi connectivity index (χ0v) is 24.4. The number of hydrogen-bond donors (Lipinski definition) is 2. The Kier molecular flexibility index (Phi) is 8.64. The highest BCUT2D eigenvalue weighted by molar-refractivity contribution is 5.93. The summed E-state index contributed by atoms with van der Waals surface area (Å²) in [6.07, 6.45) is 5.72. The molecule has 2 N–H and O–H groups in total. The maximum atomic E-state index is 13.1. The first-order valence-corrected chi connectivity index (χ1v) is 14.2. The fourth-order valence-electron chi connectivity index (χ4n) is 4.87.